The van der Waals surface area contributed by atoms with E-state index in [0.29, 0.717) is 17.7 Å². The lowest BCUT2D eigenvalue weighted by atomic mass is 10.1. The van der Waals surface area contributed by atoms with Crippen LogP contribution in [0.4, 0.5) is 8.78 Å². The smallest absolute Gasteiger partial charge is 0.387 e. The molecule has 0 bridgehead atoms. The summed E-state index contributed by atoms with van der Waals surface area (Å²) < 4.78 is 33.1. The first-order chi connectivity index (χ1) is 12.5. The van der Waals surface area contributed by atoms with Crippen LogP contribution < -0.4 is 10.1 Å². The molecule has 3 aromatic rings. The Morgan fingerprint density at radius 2 is 2.12 bits per heavy atom. The SMILES string of the molecule is CNCc1nc2ccc(Br)cc2n1Cc1c(CO)cccc1OC(F)F. The number of halogens is 3. The van der Waals surface area contributed by atoms with Crippen LogP contribution in [0.15, 0.2) is 40.9 Å². The lowest BCUT2D eigenvalue weighted by Gasteiger charge is -2.16. The summed E-state index contributed by atoms with van der Waals surface area (Å²) in [4.78, 5) is 4.61. The Hall–Kier alpha value is -2.03. The van der Waals surface area contributed by atoms with Crippen LogP contribution >= 0.6 is 15.9 Å². The highest BCUT2D eigenvalue weighted by atomic mass is 79.9. The predicted molar refractivity (Wildman–Crippen MR) is 98.3 cm³/mol. The second-order valence-electron chi connectivity index (χ2n) is 5.71. The van der Waals surface area contributed by atoms with E-state index in [-0.39, 0.29) is 18.9 Å². The monoisotopic (exact) mass is 425 g/mol. The normalized spacial score (nSPS) is 11.5. The molecule has 0 unspecified atom stereocenters. The van der Waals surface area contributed by atoms with E-state index in [0.717, 1.165) is 21.3 Å². The number of hydrogen-bond acceptors (Lipinski definition) is 4. The maximum atomic E-state index is 12.8. The number of aliphatic hydroxyl groups excluding tert-OH is 1. The van der Waals surface area contributed by atoms with Crippen molar-refractivity contribution in [2.45, 2.75) is 26.3 Å². The number of alkyl halides is 2. The molecular weight excluding hydrogens is 408 g/mol. The van der Waals surface area contributed by atoms with E-state index in [9.17, 15) is 13.9 Å². The summed E-state index contributed by atoms with van der Waals surface area (Å²) in [6.07, 6.45) is 0. The largest absolute Gasteiger partial charge is 0.434 e. The molecule has 8 heteroatoms. The maximum Gasteiger partial charge on any atom is 0.387 e. The molecule has 0 amide bonds. The summed E-state index contributed by atoms with van der Waals surface area (Å²) in [5.41, 5.74) is 2.71. The van der Waals surface area contributed by atoms with E-state index < -0.39 is 6.61 Å². The van der Waals surface area contributed by atoms with Gasteiger partial charge in [-0.25, -0.2) is 4.98 Å². The van der Waals surface area contributed by atoms with Gasteiger partial charge in [0.25, 0.3) is 0 Å². The van der Waals surface area contributed by atoms with Gasteiger partial charge < -0.3 is 19.7 Å². The van der Waals surface area contributed by atoms with Crippen molar-refractivity contribution in [2.24, 2.45) is 0 Å². The molecule has 2 N–H and O–H groups in total. The van der Waals surface area contributed by atoms with Crippen LogP contribution in [-0.2, 0) is 19.7 Å². The van der Waals surface area contributed by atoms with Gasteiger partial charge >= 0.3 is 6.61 Å². The fourth-order valence-electron chi connectivity index (χ4n) is 2.92. The average Bonchev–Trinajstić information content (AvgIpc) is 2.93. The molecule has 0 spiro atoms. The van der Waals surface area contributed by atoms with E-state index in [4.69, 9.17) is 0 Å². The van der Waals surface area contributed by atoms with Crippen LogP contribution in [0.3, 0.4) is 0 Å². The number of rotatable bonds is 7. The van der Waals surface area contributed by atoms with Gasteiger partial charge in [0.15, 0.2) is 0 Å². The molecule has 138 valence electrons. The van der Waals surface area contributed by atoms with Crippen molar-refractivity contribution in [3.8, 4) is 5.75 Å². The number of hydrogen-bond donors (Lipinski definition) is 2. The van der Waals surface area contributed by atoms with Crippen molar-refractivity contribution in [3.63, 3.8) is 0 Å². The fourth-order valence-corrected chi connectivity index (χ4v) is 3.27. The minimum absolute atomic E-state index is 0.0544. The van der Waals surface area contributed by atoms with Crippen LogP contribution in [-0.4, -0.2) is 28.3 Å². The number of ether oxygens (including phenoxy) is 1. The second-order valence-corrected chi connectivity index (χ2v) is 6.62. The quantitative estimate of drug-likeness (QED) is 0.606. The molecule has 5 nitrogen and oxygen atoms in total. The average molecular weight is 426 g/mol. The molecule has 0 saturated carbocycles. The van der Waals surface area contributed by atoms with Gasteiger partial charge in [-0.3, -0.25) is 0 Å². The third-order valence-electron chi connectivity index (χ3n) is 4.06. The highest BCUT2D eigenvalue weighted by Crippen LogP contribution is 2.29. The van der Waals surface area contributed by atoms with Gasteiger partial charge in [-0.1, -0.05) is 28.1 Å². The number of imidazole rings is 1. The Balaban J connectivity index is 2.13. The Bertz CT molecular complexity index is 915. The first-order valence-electron chi connectivity index (χ1n) is 7.99. The van der Waals surface area contributed by atoms with E-state index in [2.05, 4.69) is 31.0 Å². The Morgan fingerprint density at radius 1 is 1.31 bits per heavy atom. The van der Waals surface area contributed by atoms with E-state index >= 15 is 0 Å². The van der Waals surface area contributed by atoms with Crippen molar-refractivity contribution < 1.29 is 18.6 Å². The highest BCUT2D eigenvalue weighted by Gasteiger charge is 2.17. The van der Waals surface area contributed by atoms with Gasteiger partial charge in [0.1, 0.15) is 11.6 Å². The molecule has 0 aliphatic rings. The van der Waals surface area contributed by atoms with Crippen LogP contribution in [0.25, 0.3) is 11.0 Å². The molecule has 3 rings (SSSR count). The number of nitrogens with one attached hydrogen (secondary N) is 1. The first-order valence-corrected chi connectivity index (χ1v) is 8.78. The van der Waals surface area contributed by atoms with Gasteiger partial charge in [-0.05, 0) is 36.9 Å². The van der Waals surface area contributed by atoms with Crippen LogP contribution in [0, 0.1) is 0 Å². The van der Waals surface area contributed by atoms with Crippen molar-refractivity contribution >= 4 is 27.0 Å². The number of aliphatic hydroxyl groups is 1. The summed E-state index contributed by atoms with van der Waals surface area (Å²) in [5.74, 6) is 0.815. The third kappa shape index (κ3) is 3.87. The molecule has 0 aliphatic heterocycles. The van der Waals surface area contributed by atoms with Crippen molar-refractivity contribution in [2.75, 3.05) is 7.05 Å². The molecule has 1 aromatic heterocycles. The lowest BCUT2D eigenvalue weighted by Crippen LogP contribution is -2.15. The molecule has 0 atom stereocenters. The number of benzene rings is 2. The van der Waals surface area contributed by atoms with Gasteiger partial charge in [0.05, 0.1) is 30.7 Å². The predicted octanol–water partition coefficient (Wildman–Crippen LogP) is 3.66. The van der Waals surface area contributed by atoms with Gasteiger partial charge in [0, 0.05) is 10.0 Å². The van der Waals surface area contributed by atoms with Crippen molar-refractivity contribution in [3.05, 3.63) is 57.8 Å². The van der Waals surface area contributed by atoms with Gasteiger partial charge in [0.2, 0.25) is 0 Å². The molecular formula is C18H18BrF2N3O2. The number of fused-ring (bicyclic) bond motifs is 1. The highest BCUT2D eigenvalue weighted by molar-refractivity contribution is 9.10. The Labute approximate surface area is 157 Å². The minimum Gasteiger partial charge on any atom is -0.434 e. The summed E-state index contributed by atoms with van der Waals surface area (Å²) in [7, 11) is 1.81. The number of aromatic nitrogens is 2. The molecule has 0 saturated heterocycles. The molecule has 2 aromatic carbocycles. The zero-order valence-electron chi connectivity index (χ0n) is 14.0. The standard InChI is InChI=1S/C18H18BrF2N3O2/c1-22-8-17-23-14-6-5-12(19)7-15(14)24(17)9-13-11(10-25)3-2-4-16(13)26-18(20)21/h2-7,18,22,25H,8-10H2,1H3. The molecule has 0 fully saturated rings. The van der Waals surface area contributed by atoms with Crippen LogP contribution in [0.2, 0.25) is 0 Å². The Kier molecular flexibility index (Phi) is 5.85. The number of nitrogens with zero attached hydrogens (tertiary/aromatic N) is 2. The van der Waals surface area contributed by atoms with Gasteiger partial charge in [-0.2, -0.15) is 8.78 Å². The van der Waals surface area contributed by atoms with Crippen LogP contribution in [0.5, 0.6) is 5.75 Å². The molecule has 0 radical (unpaired) electrons. The van der Waals surface area contributed by atoms with Crippen molar-refractivity contribution in [1.29, 1.82) is 0 Å². The van der Waals surface area contributed by atoms with E-state index in [1.54, 1.807) is 12.1 Å². The molecule has 26 heavy (non-hydrogen) atoms. The van der Waals surface area contributed by atoms with E-state index in [1.165, 1.54) is 6.07 Å². The summed E-state index contributed by atoms with van der Waals surface area (Å²) >= 11 is 3.46. The van der Waals surface area contributed by atoms with Crippen LogP contribution in [0.1, 0.15) is 17.0 Å². The van der Waals surface area contributed by atoms with E-state index in [1.807, 2.05) is 29.8 Å². The molecule has 0 aliphatic carbocycles. The lowest BCUT2D eigenvalue weighted by molar-refractivity contribution is -0.0505. The zero-order chi connectivity index (χ0) is 18.7. The summed E-state index contributed by atoms with van der Waals surface area (Å²) in [5, 5.41) is 12.7. The fraction of sp³-hybridized carbons (Fsp3) is 0.278. The first kappa shape index (κ1) is 18.8. The second kappa shape index (κ2) is 8.11. The van der Waals surface area contributed by atoms with Crippen molar-refractivity contribution in [1.82, 2.24) is 14.9 Å². The topological polar surface area (TPSA) is 59.3 Å². The Morgan fingerprint density at radius 3 is 2.81 bits per heavy atom. The molecule has 1 heterocycles. The minimum atomic E-state index is -2.94. The third-order valence-corrected chi connectivity index (χ3v) is 4.55. The summed E-state index contributed by atoms with van der Waals surface area (Å²) in [6, 6.07) is 10.5. The maximum absolute atomic E-state index is 12.8. The summed E-state index contributed by atoms with van der Waals surface area (Å²) in [6.45, 7) is -2.44. The van der Waals surface area contributed by atoms with Gasteiger partial charge in [-0.15, -0.1) is 0 Å². The zero-order valence-corrected chi connectivity index (χ0v) is 15.6.